The van der Waals surface area contributed by atoms with Crippen LogP contribution in [0.5, 0.6) is 0 Å². The molecular formula is C24H24F3N3O3. The van der Waals surface area contributed by atoms with Crippen molar-refractivity contribution in [3.8, 4) is 0 Å². The fourth-order valence-corrected chi connectivity index (χ4v) is 4.07. The lowest BCUT2D eigenvalue weighted by molar-refractivity contribution is -0.137. The monoisotopic (exact) mass is 459 g/mol. The Hall–Kier alpha value is -3.33. The van der Waals surface area contributed by atoms with Crippen LogP contribution >= 0.6 is 0 Å². The van der Waals surface area contributed by atoms with Gasteiger partial charge >= 0.3 is 6.18 Å². The Morgan fingerprint density at radius 1 is 1.06 bits per heavy atom. The third-order valence-corrected chi connectivity index (χ3v) is 5.89. The van der Waals surface area contributed by atoms with Crippen molar-refractivity contribution in [2.24, 2.45) is 0 Å². The highest BCUT2D eigenvalue weighted by Gasteiger charge is 2.30. The van der Waals surface area contributed by atoms with E-state index in [9.17, 15) is 22.8 Å². The van der Waals surface area contributed by atoms with E-state index in [0.29, 0.717) is 38.5 Å². The van der Waals surface area contributed by atoms with E-state index in [0.717, 1.165) is 28.7 Å². The summed E-state index contributed by atoms with van der Waals surface area (Å²) in [7, 11) is 1.57. The van der Waals surface area contributed by atoms with Gasteiger partial charge in [-0.05, 0) is 49.4 Å². The lowest BCUT2D eigenvalue weighted by atomic mass is 10.1. The lowest BCUT2D eigenvalue weighted by Crippen LogP contribution is -2.37. The van der Waals surface area contributed by atoms with Crippen LogP contribution in [0.4, 0.5) is 24.5 Å². The second-order valence-corrected chi connectivity index (χ2v) is 7.85. The van der Waals surface area contributed by atoms with Crippen molar-refractivity contribution in [3.63, 3.8) is 0 Å². The molecule has 174 valence electrons. The van der Waals surface area contributed by atoms with E-state index in [1.807, 2.05) is 13.0 Å². The number of fused-ring (bicyclic) bond motifs is 1. The third-order valence-electron chi connectivity index (χ3n) is 5.89. The van der Waals surface area contributed by atoms with Crippen molar-refractivity contribution < 1.29 is 22.7 Å². The molecule has 1 aromatic heterocycles. The molecule has 3 aromatic rings. The van der Waals surface area contributed by atoms with Gasteiger partial charge in [0, 0.05) is 49.4 Å². The topological polar surface area (TPSA) is 54.8 Å². The minimum absolute atomic E-state index is 0.103. The minimum Gasteiger partial charge on any atom is -0.378 e. The number of pyridine rings is 1. The van der Waals surface area contributed by atoms with Crippen molar-refractivity contribution in [1.82, 2.24) is 4.57 Å². The Morgan fingerprint density at radius 3 is 2.33 bits per heavy atom. The predicted octanol–water partition coefficient (Wildman–Crippen LogP) is 4.15. The molecule has 1 saturated heterocycles. The molecule has 1 aliphatic rings. The number of hydrogen-bond acceptors (Lipinski definition) is 4. The standard InChI is InChI=1S/C24H24F3N3O3/c1-3-30-20-9-8-18(14-19(20)21(15-22(30)31)29-10-12-33-13-11-29)28(2)23(32)16-4-6-17(7-5-16)24(25,26)27/h4-9,14-15H,3,10-13H2,1-2H3. The molecule has 33 heavy (non-hydrogen) atoms. The summed E-state index contributed by atoms with van der Waals surface area (Å²) in [5.41, 5.74) is 1.35. The molecular weight excluding hydrogens is 435 g/mol. The maximum atomic E-state index is 13.0. The molecule has 0 bridgehead atoms. The largest absolute Gasteiger partial charge is 0.416 e. The summed E-state index contributed by atoms with van der Waals surface area (Å²) >= 11 is 0. The summed E-state index contributed by atoms with van der Waals surface area (Å²) < 4.78 is 45.6. The first kappa shape index (κ1) is 22.8. The summed E-state index contributed by atoms with van der Waals surface area (Å²) in [6, 6.07) is 11.1. The van der Waals surface area contributed by atoms with Crippen molar-refractivity contribution in [2.75, 3.05) is 43.2 Å². The zero-order valence-electron chi connectivity index (χ0n) is 18.4. The molecule has 0 atom stereocenters. The highest BCUT2D eigenvalue weighted by molar-refractivity contribution is 6.07. The highest BCUT2D eigenvalue weighted by atomic mass is 19.4. The Balaban J connectivity index is 1.74. The average molecular weight is 459 g/mol. The second kappa shape index (κ2) is 8.90. The average Bonchev–Trinajstić information content (AvgIpc) is 2.82. The Morgan fingerprint density at radius 2 is 1.73 bits per heavy atom. The molecule has 2 aromatic carbocycles. The smallest absolute Gasteiger partial charge is 0.378 e. The third kappa shape index (κ3) is 4.45. The van der Waals surface area contributed by atoms with Crippen molar-refractivity contribution in [2.45, 2.75) is 19.6 Å². The van der Waals surface area contributed by atoms with Gasteiger partial charge < -0.3 is 19.1 Å². The summed E-state index contributed by atoms with van der Waals surface area (Å²) in [4.78, 5) is 29.2. The van der Waals surface area contributed by atoms with Crippen LogP contribution in [-0.2, 0) is 17.5 Å². The van der Waals surface area contributed by atoms with E-state index in [1.54, 1.807) is 29.8 Å². The number of benzene rings is 2. The van der Waals surface area contributed by atoms with E-state index in [2.05, 4.69) is 4.90 Å². The number of carbonyl (C=O) groups excluding carboxylic acids is 1. The van der Waals surface area contributed by atoms with Gasteiger partial charge in [0.25, 0.3) is 11.5 Å². The number of ether oxygens (including phenoxy) is 1. The number of halogens is 3. The van der Waals surface area contributed by atoms with E-state index in [-0.39, 0.29) is 11.1 Å². The number of alkyl halides is 3. The van der Waals surface area contributed by atoms with Crippen LogP contribution in [-0.4, -0.2) is 43.8 Å². The van der Waals surface area contributed by atoms with Crippen LogP contribution in [0, 0.1) is 0 Å². The van der Waals surface area contributed by atoms with Gasteiger partial charge in [0.1, 0.15) is 0 Å². The summed E-state index contributed by atoms with van der Waals surface area (Å²) in [5.74, 6) is -0.431. The van der Waals surface area contributed by atoms with Crippen LogP contribution < -0.4 is 15.4 Å². The molecule has 0 unspecified atom stereocenters. The number of carbonyl (C=O) groups is 1. The van der Waals surface area contributed by atoms with Gasteiger partial charge in [0.15, 0.2) is 0 Å². The van der Waals surface area contributed by atoms with E-state index >= 15 is 0 Å². The van der Waals surface area contributed by atoms with Gasteiger partial charge in [0.05, 0.1) is 30.0 Å². The van der Waals surface area contributed by atoms with Crippen LogP contribution in [0.15, 0.2) is 53.3 Å². The second-order valence-electron chi connectivity index (χ2n) is 7.85. The molecule has 1 amide bonds. The molecule has 0 aliphatic carbocycles. The number of morpholine rings is 1. The zero-order chi connectivity index (χ0) is 23.8. The molecule has 0 N–H and O–H groups in total. The molecule has 9 heteroatoms. The predicted molar refractivity (Wildman–Crippen MR) is 121 cm³/mol. The Kier molecular flexibility index (Phi) is 6.16. The fourth-order valence-electron chi connectivity index (χ4n) is 4.07. The van der Waals surface area contributed by atoms with E-state index in [4.69, 9.17) is 4.74 Å². The SMILES string of the molecule is CCn1c(=O)cc(N2CCOCC2)c2cc(N(C)C(=O)c3ccc(C(F)(F)F)cc3)ccc21. The normalized spacial score (nSPS) is 14.5. The van der Waals surface area contributed by atoms with Gasteiger partial charge in [-0.25, -0.2) is 0 Å². The van der Waals surface area contributed by atoms with E-state index < -0.39 is 17.6 Å². The number of nitrogens with zero attached hydrogens (tertiary/aromatic N) is 3. The van der Waals surface area contributed by atoms with Gasteiger partial charge in [-0.3, -0.25) is 9.59 Å². The quantitative estimate of drug-likeness (QED) is 0.588. The first-order valence-electron chi connectivity index (χ1n) is 10.7. The van der Waals surface area contributed by atoms with Gasteiger partial charge in [-0.15, -0.1) is 0 Å². The van der Waals surface area contributed by atoms with Crippen LogP contribution in [0.25, 0.3) is 10.9 Å². The maximum absolute atomic E-state index is 13.0. The molecule has 0 spiro atoms. The summed E-state index contributed by atoms with van der Waals surface area (Å²) in [6.07, 6.45) is -4.46. The van der Waals surface area contributed by atoms with Crippen molar-refractivity contribution >= 4 is 28.2 Å². The zero-order valence-corrected chi connectivity index (χ0v) is 18.4. The summed E-state index contributed by atoms with van der Waals surface area (Å²) in [5, 5.41) is 0.822. The molecule has 4 rings (SSSR count). The maximum Gasteiger partial charge on any atom is 0.416 e. The summed E-state index contributed by atoms with van der Waals surface area (Å²) in [6.45, 7) is 4.81. The Bertz CT molecular complexity index is 1230. The minimum atomic E-state index is -4.46. The molecule has 0 radical (unpaired) electrons. The molecule has 1 aliphatic heterocycles. The molecule has 2 heterocycles. The van der Waals surface area contributed by atoms with Gasteiger partial charge in [-0.2, -0.15) is 13.2 Å². The first-order chi connectivity index (χ1) is 15.7. The van der Waals surface area contributed by atoms with Crippen LogP contribution in [0.2, 0.25) is 0 Å². The van der Waals surface area contributed by atoms with Crippen molar-refractivity contribution in [3.05, 3.63) is 70.0 Å². The van der Waals surface area contributed by atoms with E-state index in [1.165, 1.54) is 17.0 Å². The fraction of sp³-hybridized carbons (Fsp3) is 0.333. The highest BCUT2D eigenvalue weighted by Crippen LogP contribution is 2.31. The number of anilines is 2. The van der Waals surface area contributed by atoms with Gasteiger partial charge in [-0.1, -0.05) is 0 Å². The molecule has 0 saturated carbocycles. The van der Waals surface area contributed by atoms with Crippen molar-refractivity contribution in [1.29, 1.82) is 0 Å². The van der Waals surface area contributed by atoms with Gasteiger partial charge in [0.2, 0.25) is 0 Å². The Labute approximate surface area is 188 Å². The molecule has 1 fully saturated rings. The number of aromatic nitrogens is 1. The number of aryl methyl sites for hydroxylation is 1. The van der Waals surface area contributed by atoms with Crippen LogP contribution in [0.3, 0.4) is 0 Å². The lowest BCUT2D eigenvalue weighted by Gasteiger charge is -2.30. The number of hydrogen-bond donors (Lipinski definition) is 0. The van der Waals surface area contributed by atoms with Crippen LogP contribution in [0.1, 0.15) is 22.8 Å². The number of amides is 1. The number of rotatable bonds is 4. The molecule has 6 nitrogen and oxygen atoms in total. The first-order valence-corrected chi connectivity index (χ1v) is 10.7.